The van der Waals surface area contributed by atoms with Gasteiger partial charge in [-0.25, -0.2) is 0 Å². The molecule has 2 fully saturated rings. The van der Waals surface area contributed by atoms with Crippen LogP contribution in [0.25, 0.3) is 0 Å². The molecule has 0 aromatic heterocycles. The Labute approximate surface area is 88.1 Å². The van der Waals surface area contributed by atoms with E-state index in [4.69, 9.17) is 0 Å². The van der Waals surface area contributed by atoms with Gasteiger partial charge >= 0.3 is 0 Å². The Kier molecular flexibility index (Phi) is 3.45. The van der Waals surface area contributed by atoms with Crippen LogP contribution >= 0.6 is 0 Å². The second-order valence-electron chi connectivity index (χ2n) is 5.22. The molecule has 0 spiro atoms. The third-order valence-corrected chi connectivity index (χ3v) is 4.15. The monoisotopic (exact) mass is 196 g/mol. The fourth-order valence-electron chi connectivity index (χ4n) is 2.95. The summed E-state index contributed by atoms with van der Waals surface area (Å²) in [5.74, 6) is 1.95. The topological polar surface area (TPSA) is 15.3 Å². The van der Waals surface area contributed by atoms with Gasteiger partial charge in [-0.05, 0) is 25.2 Å². The van der Waals surface area contributed by atoms with Crippen molar-refractivity contribution < 1.29 is 0 Å². The molecule has 3 unspecified atom stereocenters. The van der Waals surface area contributed by atoms with Gasteiger partial charge in [0.25, 0.3) is 0 Å². The molecule has 0 aromatic carbocycles. The third-order valence-electron chi connectivity index (χ3n) is 4.15. The summed E-state index contributed by atoms with van der Waals surface area (Å²) in [5, 5.41) is 3.46. The van der Waals surface area contributed by atoms with Crippen LogP contribution in [0, 0.1) is 11.8 Å². The van der Waals surface area contributed by atoms with E-state index in [2.05, 4.69) is 24.1 Å². The van der Waals surface area contributed by atoms with E-state index in [-0.39, 0.29) is 0 Å². The highest BCUT2D eigenvalue weighted by Crippen LogP contribution is 2.32. The highest BCUT2D eigenvalue weighted by Gasteiger charge is 2.27. The minimum absolute atomic E-state index is 0.747. The van der Waals surface area contributed by atoms with Gasteiger partial charge in [-0.2, -0.15) is 0 Å². The Bertz CT molecular complexity index is 181. The largest absolute Gasteiger partial charge is 0.314 e. The molecule has 1 heterocycles. The van der Waals surface area contributed by atoms with Crippen molar-refractivity contribution in [3.8, 4) is 0 Å². The van der Waals surface area contributed by atoms with E-state index >= 15 is 0 Å². The number of piperazine rings is 1. The van der Waals surface area contributed by atoms with Gasteiger partial charge < -0.3 is 5.32 Å². The van der Waals surface area contributed by atoms with Crippen LogP contribution < -0.4 is 5.32 Å². The van der Waals surface area contributed by atoms with Crippen molar-refractivity contribution >= 4 is 0 Å². The van der Waals surface area contributed by atoms with E-state index in [1.165, 1.54) is 45.4 Å². The first kappa shape index (κ1) is 10.4. The molecule has 2 rings (SSSR count). The Hall–Kier alpha value is -0.0800. The van der Waals surface area contributed by atoms with Crippen molar-refractivity contribution in [2.45, 2.75) is 39.2 Å². The molecule has 1 saturated carbocycles. The Morgan fingerprint density at radius 3 is 2.79 bits per heavy atom. The fourth-order valence-corrected chi connectivity index (χ4v) is 2.95. The predicted molar refractivity (Wildman–Crippen MR) is 60.4 cm³/mol. The van der Waals surface area contributed by atoms with Crippen LogP contribution in [0.2, 0.25) is 0 Å². The lowest BCUT2D eigenvalue weighted by atomic mass is 9.96. The molecule has 2 heteroatoms. The fraction of sp³-hybridized carbons (Fsp3) is 1.00. The van der Waals surface area contributed by atoms with Crippen LogP contribution in [0.15, 0.2) is 0 Å². The molecule has 14 heavy (non-hydrogen) atoms. The average molecular weight is 196 g/mol. The molecule has 3 atom stereocenters. The van der Waals surface area contributed by atoms with Crippen molar-refractivity contribution in [1.82, 2.24) is 10.2 Å². The maximum absolute atomic E-state index is 3.46. The van der Waals surface area contributed by atoms with Crippen LogP contribution in [0.5, 0.6) is 0 Å². The highest BCUT2D eigenvalue weighted by atomic mass is 15.2. The first-order valence-corrected chi connectivity index (χ1v) is 6.22. The summed E-state index contributed by atoms with van der Waals surface area (Å²) < 4.78 is 0. The van der Waals surface area contributed by atoms with Gasteiger partial charge in [0.05, 0.1) is 0 Å². The number of nitrogens with zero attached hydrogens (tertiary/aromatic N) is 1. The third kappa shape index (κ3) is 2.29. The summed E-state index contributed by atoms with van der Waals surface area (Å²) in [6, 6.07) is 0.747. The van der Waals surface area contributed by atoms with E-state index in [9.17, 15) is 0 Å². The summed E-state index contributed by atoms with van der Waals surface area (Å²) in [7, 11) is 0. The van der Waals surface area contributed by atoms with Crippen molar-refractivity contribution in [1.29, 1.82) is 0 Å². The van der Waals surface area contributed by atoms with Gasteiger partial charge in [-0.15, -0.1) is 0 Å². The molecule has 1 saturated heterocycles. The van der Waals surface area contributed by atoms with Crippen molar-refractivity contribution in [3.05, 3.63) is 0 Å². The maximum atomic E-state index is 3.46. The average Bonchev–Trinajstić information content (AvgIpc) is 2.56. The molecule has 1 N–H and O–H groups in total. The van der Waals surface area contributed by atoms with Gasteiger partial charge in [0.15, 0.2) is 0 Å². The second-order valence-corrected chi connectivity index (χ2v) is 5.22. The highest BCUT2D eigenvalue weighted by molar-refractivity contribution is 4.82. The molecule has 2 aliphatic rings. The van der Waals surface area contributed by atoms with Gasteiger partial charge in [-0.3, -0.25) is 4.90 Å². The van der Waals surface area contributed by atoms with E-state index in [0.29, 0.717) is 0 Å². The molecule has 0 bridgehead atoms. The van der Waals surface area contributed by atoms with Crippen LogP contribution in [-0.4, -0.2) is 37.1 Å². The van der Waals surface area contributed by atoms with Crippen molar-refractivity contribution in [2.75, 3.05) is 26.2 Å². The second kappa shape index (κ2) is 4.63. The van der Waals surface area contributed by atoms with E-state index in [1.807, 2.05) is 0 Å². The lowest BCUT2D eigenvalue weighted by Crippen LogP contribution is -2.51. The smallest absolute Gasteiger partial charge is 0.0193 e. The zero-order valence-electron chi connectivity index (χ0n) is 9.63. The number of nitrogens with one attached hydrogen (secondary N) is 1. The van der Waals surface area contributed by atoms with Crippen LogP contribution in [0.4, 0.5) is 0 Å². The molecule has 0 aromatic rings. The summed E-state index contributed by atoms with van der Waals surface area (Å²) in [5.41, 5.74) is 0. The Morgan fingerprint density at radius 1 is 1.29 bits per heavy atom. The number of hydrogen-bond acceptors (Lipinski definition) is 2. The molecule has 2 nitrogen and oxygen atoms in total. The lowest BCUT2D eigenvalue weighted by Gasteiger charge is -2.36. The normalized spacial score (nSPS) is 40.3. The Balaban J connectivity index is 1.83. The van der Waals surface area contributed by atoms with E-state index in [1.54, 1.807) is 0 Å². The summed E-state index contributed by atoms with van der Waals surface area (Å²) >= 11 is 0. The zero-order chi connectivity index (χ0) is 9.97. The molecule has 82 valence electrons. The van der Waals surface area contributed by atoms with Gasteiger partial charge in [-0.1, -0.05) is 19.8 Å². The quantitative estimate of drug-likeness (QED) is 0.723. The first-order valence-electron chi connectivity index (χ1n) is 6.22. The predicted octanol–water partition coefficient (Wildman–Crippen LogP) is 1.72. The van der Waals surface area contributed by atoms with Crippen molar-refractivity contribution in [2.24, 2.45) is 11.8 Å². The molecular weight excluding hydrogens is 172 g/mol. The first-order chi connectivity index (χ1) is 6.77. The number of rotatable bonds is 2. The van der Waals surface area contributed by atoms with Crippen LogP contribution in [0.3, 0.4) is 0 Å². The van der Waals surface area contributed by atoms with E-state index < -0.39 is 0 Å². The molecular formula is C12H24N2. The standard InChI is InChI=1S/C12H24N2/c1-10-4-3-5-12(10)9-14-7-6-13-8-11(14)2/h10-13H,3-9H2,1-2H3. The number of hydrogen-bond donors (Lipinski definition) is 1. The summed E-state index contributed by atoms with van der Waals surface area (Å²) in [6.07, 6.45) is 4.40. The van der Waals surface area contributed by atoms with Gasteiger partial charge in [0, 0.05) is 32.2 Å². The van der Waals surface area contributed by atoms with Gasteiger partial charge in [0.2, 0.25) is 0 Å². The summed E-state index contributed by atoms with van der Waals surface area (Å²) in [6.45, 7) is 9.76. The Morgan fingerprint density at radius 2 is 2.14 bits per heavy atom. The zero-order valence-corrected chi connectivity index (χ0v) is 9.63. The molecule has 1 aliphatic carbocycles. The van der Waals surface area contributed by atoms with E-state index in [0.717, 1.165) is 17.9 Å². The lowest BCUT2D eigenvalue weighted by molar-refractivity contribution is 0.137. The summed E-state index contributed by atoms with van der Waals surface area (Å²) in [4.78, 5) is 2.68. The minimum atomic E-state index is 0.747. The van der Waals surface area contributed by atoms with Crippen LogP contribution in [-0.2, 0) is 0 Å². The van der Waals surface area contributed by atoms with Crippen LogP contribution in [0.1, 0.15) is 33.1 Å². The minimum Gasteiger partial charge on any atom is -0.314 e. The van der Waals surface area contributed by atoms with Gasteiger partial charge in [0.1, 0.15) is 0 Å². The molecule has 0 amide bonds. The SMILES string of the molecule is CC1CCCC1CN1CCNCC1C. The maximum Gasteiger partial charge on any atom is 0.0193 e. The molecule has 0 radical (unpaired) electrons. The molecule has 1 aliphatic heterocycles. The van der Waals surface area contributed by atoms with Crippen molar-refractivity contribution in [3.63, 3.8) is 0 Å².